The SMILES string of the molecule is COC(=O)Nc1ccc(CNC(Cc2ccccc2)C(=O)N2CCC3(C2)OC(=O)Nc2ccc(Cl)cc23)cc1. The molecule has 0 bridgehead atoms. The summed E-state index contributed by atoms with van der Waals surface area (Å²) in [5.41, 5.74) is 3.07. The van der Waals surface area contributed by atoms with Gasteiger partial charge in [0.2, 0.25) is 5.91 Å². The van der Waals surface area contributed by atoms with Crippen molar-refractivity contribution in [2.45, 2.75) is 31.0 Å². The number of ether oxygens (including phenoxy) is 2. The van der Waals surface area contributed by atoms with E-state index in [1.165, 1.54) is 7.11 Å². The fourth-order valence-electron chi connectivity index (χ4n) is 5.08. The lowest BCUT2D eigenvalue weighted by molar-refractivity contribution is -0.133. The van der Waals surface area contributed by atoms with Crippen LogP contribution in [0.15, 0.2) is 72.8 Å². The van der Waals surface area contributed by atoms with E-state index in [2.05, 4.69) is 20.7 Å². The third-order valence-electron chi connectivity index (χ3n) is 7.06. The molecule has 10 heteroatoms. The Bertz CT molecular complexity index is 1370. The molecule has 0 saturated carbocycles. The summed E-state index contributed by atoms with van der Waals surface area (Å²) in [6.07, 6.45) is -0.105. The molecule has 1 spiro atoms. The molecule has 3 amide bonds. The van der Waals surface area contributed by atoms with E-state index < -0.39 is 23.8 Å². The number of nitrogens with zero attached hydrogens (tertiary/aromatic N) is 1. The Morgan fingerprint density at radius 1 is 1.10 bits per heavy atom. The lowest BCUT2D eigenvalue weighted by atomic mass is 9.90. The van der Waals surface area contributed by atoms with Crippen molar-refractivity contribution < 1.29 is 23.9 Å². The molecule has 39 heavy (non-hydrogen) atoms. The van der Waals surface area contributed by atoms with Gasteiger partial charge in [0, 0.05) is 35.8 Å². The number of halogens is 1. The molecule has 3 aromatic rings. The number of carbonyl (C=O) groups is 3. The Labute approximate surface area is 231 Å². The molecular weight excluding hydrogens is 520 g/mol. The van der Waals surface area contributed by atoms with Gasteiger partial charge in [-0.25, -0.2) is 9.59 Å². The first kappa shape index (κ1) is 26.5. The van der Waals surface area contributed by atoms with Gasteiger partial charge in [-0.2, -0.15) is 0 Å². The predicted octanol–water partition coefficient (Wildman–Crippen LogP) is 4.91. The molecule has 9 nitrogen and oxygen atoms in total. The third kappa shape index (κ3) is 6.00. The van der Waals surface area contributed by atoms with E-state index in [4.69, 9.17) is 16.3 Å². The van der Waals surface area contributed by atoms with Crippen molar-refractivity contribution in [2.24, 2.45) is 0 Å². The Balaban J connectivity index is 1.32. The average Bonchev–Trinajstić information content (AvgIpc) is 3.36. The lowest BCUT2D eigenvalue weighted by Crippen LogP contribution is -2.49. The number of methoxy groups -OCH3 is 1. The van der Waals surface area contributed by atoms with E-state index in [0.717, 1.165) is 16.7 Å². The second-order valence-electron chi connectivity index (χ2n) is 9.65. The molecule has 1 saturated heterocycles. The smallest absolute Gasteiger partial charge is 0.412 e. The first-order valence-electron chi connectivity index (χ1n) is 12.7. The maximum absolute atomic E-state index is 13.9. The Hall–Kier alpha value is -4.08. The summed E-state index contributed by atoms with van der Waals surface area (Å²) in [4.78, 5) is 39.5. The lowest BCUT2D eigenvalue weighted by Gasteiger charge is -2.35. The summed E-state index contributed by atoms with van der Waals surface area (Å²) in [7, 11) is 1.31. The summed E-state index contributed by atoms with van der Waals surface area (Å²) >= 11 is 6.27. The van der Waals surface area contributed by atoms with E-state index in [1.807, 2.05) is 42.5 Å². The summed E-state index contributed by atoms with van der Waals surface area (Å²) in [6.45, 7) is 1.13. The zero-order chi connectivity index (χ0) is 27.4. The highest BCUT2D eigenvalue weighted by atomic mass is 35.5. The van der Waals surface area contributed by atoms with Gasteiger partial charge < -0.3 is 19.7 Å². The molecule has 3 N–H and O–H groups in total. The van der Waals surface area contributed by atoms with Crippen molar-refractivity contribution in [1.82, 2.24) is 10.2 Å². The van der Waals surface area contributed by atoms with Crippen LogP contribution in [0, 0.1) is 0 Å². The maximum atomic E-state index is 13.9. The zero-order valence-corrected chi connectivity index (χ0v) is 22.2. The van der Waals surface area contributed by atoms with Gasteiger partial charge in [-0.15, -0.1) is 0 Å². The topological polar surface area (TPSA) is 109 Å². The highest BCUT2D eigenvalue weighted by Crippen LogP contribution is 2.43. The number of likely N-dealkylation sites (tertiary alicyclic amines) is 1. The van der Waals surface area contributed by atoms with Gasteiger partial charge in [-0.3, -0.25) is 15.4 Å². The number of rotatable bonds is 7. The van der Waals surface area contributed by atoms with Gasteiger partial charge in [0.25, 0.3) is 0 Å². The van der Waals surface area contributed by atoms with Gasteiger partial charge in [-0.05, 0) is 47.9 Å². The number of benzene rings is 3. The molecule has 5 rings (SSSR count). The fourth-order valence-corrected chi connectivity index (χ4v) is 5.25. The van der Waals surface area contributed by atoms with Crippen molar-refractivity contribution in [3.05, 3.63) is 94.5 Å². The third-order valence-corrected chi connectivity index (χ3v) is 7.29. The number of carbonyl (C=O) groups excluding carboxylic acids is 3. The number of hydrogen-bond acceptors (Lipinski definition) is 6. The van der Waals surface area contributed by atoms with Crippen molar-refractivity contribution in [2.75, 3.05) is 30.8 Å². The minimum absolute atomic E-state index is 0.0714. The normalized spacial score (nSPS) is 18.6. The molecule has 202 valence electrons. The summed E-state index contributed by atoms with van der Waals surface area (Å²) in [6, 6.07) is 21.9. The van der Waals surface area contributed by atoms with Crippen molar-refractivity contribution in [3.63, 3.8) is 0 Å². The van der Waals surface area contributed by atoms with Crippen LogP contribution in [0.4, 0.5) is 21.0 Å². The second kappa shape index (κ2) is 11.3. The predicted molar refractivity (Wildman–Crippen MR) is 148 cm³/mol. The first-order valence-corrected chi connectivity index (χ1v) is 13.0. The summed E-state index contributed by atoms with van der Waals surface area (Å²) in [5, 5.41) is 9.30. The Kier molecular flexibility index (Phi) is 7.72. The van der Waals surface area contributed by atoms with Crippen LogP contribution >= 0.6 is 11.6 Å². The summed E-state index contributed by atoms with van der Waals surface area (Å²) < 4.78 is 10.4. The highest BCUT2D eigenvalue weighted by molar-refractivity contribution is 6.30. The van der Waals surface area contributed by atoms with E-state index in [-0.39, 0.29) is 12.5 Å². The number of anilines is 2. The number of nitrogens with one attached hydrogen (secondary N) is 3. The molecule has 2 aliphatic heterocycles. The van der Waals surface area contributed by atoms with Gasteiger partial charge in [-0.1, -0.05) is 54.1 Å². The second-order valence-corrected chi connectivity index (χ2v) is 10.1. The monoisotopic (exact) mass is 548 g/mol. The van der Waals surface area contributed by atoms with Gasteiger partial charge in [0.1, 0.15) is 0 Å². The van der Waals surface area contributed by atoms with E-state index in [9.17, 15) is 14.4 Å². The van der Waals surface area contributed by atoms with Crippen molar-refractivity contribution in [3.8, 4) is 0 Å². The fraction of sp³-hybridized carbons (Fsp3) is 0.276. The summed E-state index contributed by atoms with van der Waals surface area (Å²) in [5.74, 6) is -0.0714. The van der Waals surface area contributed by atoms with Gasteiger partial charge in [0.15, 0.2) is 5.60 Å². The zero-order valence-electron chi connectivity index (χ0n) is 21.4. The molecule has 2 unspecified atom stereocenters. The minimum Gasteiger partial charge on any atom is -0.453 e. The van der Waals surface area contributed by atoms with Crippen LogP contribution in [-0.4, -0.2) is 49.2 Å². The average molecular weight is 549 g/mol. The molecule has 2 heterocycles. The van der Waals surface area contributed by atoms with E-state index in [0.29, 0.717) is 42.3 Å². The van der Waals surface area contributed by atoms with Crippen molar-refractivity contribution in [1.29, 1.82) is 0 Å². The standard InChI is InChI=1S/C29H29ClN4O5/c1-38-27(36)32-22-10-7-20(8-11-22)17-31-25(15-19-5-3-2-4-6-19)26(35)34-14-13-29(18-34)23-16-21(30)9-12-24(23)33-28(37)39-29/h2-12,16,25,31H,13-15,17-18H2,1H3,(H,32,36)(H,33,37). The first-order chi connectivity index (χ1) is 18.8. The molecular formula is C29H29ClN4O5. The van der Waals surface area contributed by atoms with Crippen LogP contribution in [0.2, 0.25) is 5.02 Å². The van der Waals surface area contributed by atoms with Gasteiger partial charge >= 0.3 is 12.2 Å². The highest BCUT2D eigenvalue weighted by Gasteiger charge is 2.49. The molecule has 0 aromatic heterocycles. The number of hydrogen-bond donors (Lipinski definition) is 3. The van der Waals surface area contributed by atoms with E-state index >= 15 is 0 Å². The molecule has 1 fully saturated rings. The van der Waals surface area contributed by atoms with Crippen LogP contribution in [0.3, 0.4) is 0 Å². The van der Waals surface area contributed by atoms with Gasteiger partial charge in [0.05, 0.1) is 25.4 Å². The van der Waals surface area contributed by atoms with Crippen LogP contribution in [0.1, 0.15) is 23.1 Å². The Morgan fingerprint density at radius 3 is 2.62 bits per heavy atom. The molecule has 2 atom stereocenters. The maximum Gasteiger partial charge on any atom is 0.412 e. The van der Waals surface area contributed by atoms with Crippen LogP contribution in [0.25, 0.3) is 0 Å². The number of fused-ring (bicyclic) bond motifs is 2. The van der Waals surface area contributed by atoms with E-state index in [1.54, 1.807) is 35.2 Å². The Morgan fingerprint density at radius 2 is 1.87 bits per heavy atom. The van der Waals surface area contributed by atoms with Crippen LogP contribution in [0.5, 0.6) is 0 Å². The largest absolute Gasteiger partial charge is 0.453 e. The molecule has 3 aromatic carbocycles. The molecule has 0 aliphatic carbocycles. The van der Waals surface area contributed by atoms with Crippen LogP contribution in [-0.2, 0) is 32.8 Å². The van der Waals surface area contributed by atoms with Crippen molar-refractivity contribution >= 4 is 41.1 Å². The molecule has 0 radical (unpaired) electrons. The van der Waals surface area contributed by atoms with Crippen LogP contribution < -0.4 is 16.0 Å². The quantitative estimate of drug-likeness (QED) is 0.387. The minimum atomic E-state index is -0.946. The molecule has 2 aliphatic rings. The number of amides is 3.